The number of oxazole rings is 1. The predicted molar refractivity (Wildman–Crippen MR) is 72.9 cm³/mol. The zero-order chi connectivity index (χ0) is 13.2. The van der Waals surface area contributed by atoms with Crippen molar-refractivity contribution in [2.24, 2.45) is 0 Å². The van der Waals surface area contributed by atoms with Gasteiger partial charge in [0.15, 0.2) is 16.6 Å². The van der Waals surface area contributed by atoms with Crippen LogP contribution in [0, 0.1) is 0 Å². The number of aryl methyl sites for hydroxylation is 2. The van der Waals surface area contributed by atoms with Crippen LogP contribution in [0.25, 0.3) is 11.2 Å². The second-order valence-corrected chi connectivity index (χ2v) is 4.48. The summed E-state index contributed by atoms with van der Waals surface area (Å²) < 4.78 is 5.52. The molecule has 0 spiro atoms. The first kappa shape index (κ1) is 11.9. The van der Waals surface area contributed by atoms with Gasteiger partial charge in [0, 0.05) is 6.42 Å². The van der Waals surface area contributed by atoms with Crippen molar-refractivity contribution >= 4 is 28.8 Å². The SMILES string of the molecule is Nc1nc(Cl)c2nc(CCc3ccccc3)oc2n1. The number of nitrogens with zero attached hydrogens (tertiary/aromatic N) is 3. The number of nitrogen functional groups attached to an aromatic ring is 1. The molecule has 1 aromatic carbocycles. The number of rotatable bonds is 3. The molecule has 2 aromatic heterocycles. The van der Waals surface area contributed by atoms with E-state index in [1.807, 2.05) is 18.2 Å². The number of nitrogens with two attached hydrogens (primary N) is 1. The quantitative estimate of drug-likeness (QED) is 0.743. The Labute approximate surface area is 114 Å². The van der Waals surface area contributed by atoms with Gasteiger partial charge in [0.05, 0.1) is 0 Å². The highest BCUT2D eigenvalue weighted by molar-refractivity contribution is 6.33. The van der Waals surface area contributed by atoms with E-state index >= 15 is 0 Å². The van der Waals surface area contributed by atoms with Crippen LogP contribution in [-0.2, 0) is 12.8 Å². The Balaban J connectivity index is 1.84. The van der Waals surface area contributed by atoms with Crippen molar-refractivity contribution in [3.63, 3.8) is 0 Å². The number of anilines is 1. The minimum absolute atomic E-state index is 0.0864. The Bertz CT molecular complexity index is 711. The second-order valence-electron chi connectivity index (χ2n) is 4.12. The number of hydrogen-bond donors (Lipinski definition) is 1. The van der Waals surface area contributed by atoms with Crippen LogP contribution < -0.4 is 5.73 Å². The third-order valence-corrected chi connectivity index (χ3v) is 3.01. The molecule has 3 rings (SSSR count). The Kier molecular flexibility index (Phi) is 3.05. The van der Waals surface area contributed by atoms with Gasteiger partial charge < -0.3 is 10.2 Å². The van der Waals surface area contributed by atoms with Crippen LogP contribution in [0.1, 0.15) is 11.5 Å². The van der Waals surface area contributed by atoms with Gasteiger partial charge in [0.2, 0.25) is 5.95 Å². The first-order valence-corrected chi connectivity index (χ1v) is 6.22. The van der Waals surface area contributed by atoms with Gasteiger partial charge in [-0.2, -0.15) is 9.97 Å². The van der Waals surface area contributed by atoms with Crippen molar-refractivity contribution in [1.29, 1.82) is 0 Å². The van der Waals surface area contributed by atoms with Crippen LogP contribution in [0.3, 0.4) is 0 Å². The molecule has 0 aliphatic heterocycles. The lowest BCUT2D eigenvalue weighted by atomic mass is 10.1. The maximum atomic E-state index is 5.94. The van der Waals surface area contributed by atoms with Gasteiger partial charge in [-0.3, -0.25) is 0 Å². The van der Waals surface area contributed by atoms with Crippen molar-refractivity contribution in [3.05, 3.63) is 46.9 Å². The van der Waals surface area contributed by atoms with Gasteiger partial charge >= 0.3 is 0 Å². The molecular weight excluding hydrogens is 264 g/mol. The Morgan fingerprint density at radius 1 is 1.05 bits per heavy atom. The van der Waals surface area contributed by atoms with Crippen LogP contribution in [-0.4, -0.2) is 15.0 Å². The van der Waals surface area contributed by atoms with E-state index in [2.05, 4.69) is 27.1 Å². The van der Waals surface area contributed by atoms with E-state index in [1.54, 1.807) is 0 Å². The van der Waals surface area contributed by atoms with Gasteiger partial charge in [0.25, 0.3) is 5.71 Å². The van der Waals surface area contributed by atoms with E-state index in [4.69, 9.17) is 21.8 Å². The maximum absolute atomic E-state index is 5.94. The molecule has 5 nitrogen and oxygen atoms in total. The summed E-state index contributed by atoms with van der Waals surface area (Å²) in [5.74, 6) is 0.670. The fourth-order valence-corrected chi connectivity index (χ4v) is 2.06. The molecule has 0 aliphatic carbocycles. The van der Waals surface area contributed by atoms with Crippen LogP contribution in [0.2, 0.25) is 5.15 Å². The summed E-state index contributed by atoms with van der Waals surface area (Å²) in [6.45, 7) is 0. The zero-order valence-corrected chi connectivity index (χ0v) is 10.8. The monoisotopic (exact) mass is 274 g/mol. The number of aromatic nitrogens is 3. The largest absolute Gasteiger partial charge is 0.422 e. The van der Waals surface area contributed by atoms with Gasteiger partial charge in [-0.1, -0.05) is 41.9 Å². The fraction of sp³-hybridized carbons (Fsp3) is 0.154. The van der Waals surface area contributed by atoms with E-state index in [-0.39, 0.29) is 11.1 Å². The molecule has 6 heteroatoms. The van der Waals surface area contributed by atoms with Crippen molar-refractivity contribution < 1.29 is 4.42 Å². The molecule has 0 fully saturated rings. The molecule has 2 N–H and O–H groups in total. The minimum Gasteiger partial charge on any atom is -0.422 e. The number of fused-ring (bicyclic) bond motifs is 1. The lowest BCUT2D eigenvalue weighted by molar-refractivity contribution is 0.520. The highest BCUT2D eigenvalue weighted by Gasteiger charge is 2.12. The van der Waals surface area contributed by atoms with Gasteiger partial charge in [-0.05, 0) is 12.0 Å². The highest BCUT2D eigenvalue weighted by Crippen LogP contribution is 2.22. The van der Waals surface area contributed by atoms with Crippen LogP contribution in [0.4, 0.5) is 5.95 Å². The molecule has 2 heterocycles. The topological polar surface area (TPSA) is 77.8 Å². The van der Waals surface area contributed by atoms with Crippen LogP contribution >= 0.6 is 11.6 Å². The normalized spacial score (nSPS) is 11.0. The van der Waals surface area contributed by atoms with Crippen LogP contribution in [0.5, 0.6) is 0 Å². The van der Waals surface area contributed by atoms with Crippen molar-refractivity contribution in [2.75, 3.05) is 5.73 Å². The molecule has 0 saturated carbocycles. The molecule has 96 valence electrons. The molecule has 0 unspecified atom stereocenters. The number of hydrogen-bond acceptors (Lipinski definition) is 5. The summed E-state index contributed by atoms with van der Waals surface area (Å²) >= 11 is 5.94. The molecule has 0 amide bonds. The molecule has 3 aromatic rings. The van der Waals surface area contributed by atoms with Crippen LogP contribution in [0.15, 0.2) is 34.7 Å². The Hall–Kier alpha value is -2.14. The highest BCUT2D eigenvalue weighted by atomic mass is 35.5. The first-order valence-electron chi connectivity index (χ1n) is 5.85. The first-order chi connectivity index (χ1) is 9.22. The summed E-state index contributed by atoms with van der Waals surface area (Å²) in [5, 5.41) is 0.220. The summed E-state index contributed by atoms with van der Waals surface area (Å²) in [7, 11) is 0. The standard InChI is InChI=1S/C13H11ClN4O/c14-11-10-12(18-13(15)17-11)19-9(16-10)7-6-8-4-2-1-3-5-8/h1-5H,6-7H2,(H2,15,17,18). The predicted octanol–water partition coefficient (Wildman–Crippen LogP) is 2.64. The molecule has 19 heavy (non-hydrogen) atoms. The van der Waals surface area contributed by atoms with E-state index in [0.29, 0.717) is 23.5 Å². The molecule has 0 saturated heterocycles. The lowest BCUT2D eigenvalue weighted by Crippen LogP contribution is -1.94. The second kappa shape index (κ2) is 4.85. The molecule has 0 atom stereocenters. The smallest absolute Gasteiger partial charge is 0.253 e. The van der Waals surface area contributed by atoms with Crippen molar-refractivity contribution in [1.82, 2.24) is 15.0 Å². The van der Waals surface area contributed by atoms with E-state index in [9.17, 15) is 0 Å². The molecule has 0 radical (unpaired) electrons. The summed E-state index contributed by atoms with van der Waals surface area (Å²) in [6, 6.07) is 10.1. The third kappa shape index (κ3) is 2.51. The Morgan fingerprint density at radius 3 is 2.63 bits per heavy atom. The zero-order valence-electron chi connectivity index (χ0n) is 10.0. The van der Waals surface area contributed by atoms with Gasteiger partial charge in [0.1, 0.15) is 0 Å². The van der Waals surface area contributed by atoms with E-state index < -0.39 is 0 Å². The fourth-order valence-electron chi connectivity index (χ4n) is 1.85. The van der Waals surface area contributed by atoms with Gasteiger partial charge in [-0.25, -0.2) is 4.98 Å². The maximum Gasteiger partial charge on any atom is 0.253 e. The third-order valence-electron chi connectivity index (χ3n) is 2.75. The average molecular weight is 275 g/mol. The number of benzene rings is 1. The molecular formula is C13H11ClN4O. The van der Waals surface area contributed by atoms with Crippen molar-refractivity contribution in [2.45, 2.75) is 12.8 Å². The Morgan fingerprint density at radius 2 is 1.84 bits per heavy atom. The summed E-state index contributed by atoms with van der Waals surface area (Å²) in [6.07, 6.45) is 1.52. The average Bonchev–Trinajstić information content (AvgIpc) is 2.81. The van der Waals surface area contributed by atoms with E-state index in [1.165, 1.54) is 5.56 Å². The van der Waals surface area contributed by atoms with Gasteiger partial charge in [-0.15, -0.1) is 0 Å². The number of halogens is 1. The summed E-state index contributed by atoms with van der Waals surface area (Å²) in [4.78, 5) is 12.1. The molecule has 0 aliphatic rings. The molecule has 0 bridgehead atoms. The van der Waals surface area contributed by atoms with E-state index in [0.717, 1.165) is 6.42 Å². The summed E-state index contributed by atoms with van der Waals surface area (Å²) in [5.41, 5.74) is 7.52. The lowest BCUT2D eigenvalue weighted by Gasteiger charge is -1.96. The van der Waals surface area contributed by atoms with Crippen molar-refractivity contribution in [3.8, 4) is 0 Å². The minimum atomic E-state index is 0.0864.